The van der Waals surface area contributed by atoms with Crippen LogP contribution in [0.15, 0.2) is 12.1 Å². The van der Waals surface area contributed by atoms with Crippen molar-refractivity contribution in [1.82, 2.24) is 0 Å². The van der Waals surface area contributed by atoms with E-state index in [2.05, 4.69) is 6.92 Å². The maximum atomic E-state index is 14.2. The van der Waals surface area contributed by atoms with Gasteiger partial charge in [-0.05, 0) is 80.8 Å². The van der Waals surface area contributed by atoms with Crippen molar-refractivity contribution >= 4 is 11.6 Å². The Morgan fingerprint density at radius 1 is 0.964 bits per heavy atom. The Bertz CT molecular complexity index is 601. The SMILES string of the molecule is CCOc1ccc(CCCCC2CCC(C3CCC(C)CC3)CC2)c(Cl)c1F. The molecule has 0 N–H and O–H groups in total. The summed E-state index contributed by atoms with van der Waals surface area (Å²) in [5.74, 6) is 3.76. The molecule has 2 aliphatic rings. The fourth-order valence-corrected chi connectivity index (χ4v) is 5.74. The molecule has 2 aliphatic carbocycles. The predicted octanol–water partition coefficient (Wildman–Crippen LogP) is 8.22. The molecule has 158 valence electrons. The number of benzene rings is 1. The average molecular weight is 409 g/mol. The normalized spacial score (nSPS) is 28.3. The molecule has 3 rings (SSSR count). The molecule has 1 aromatic rings. The zero-order valence-electron chi connectivity index (χ0n) is 17.8. The van der Waals surface area contributed by atoms with Crippen LogP contribution in [0.4, 0.5) is 4.39 Å². The number of hydrogen-bond acceptors (Lipinski definition) is 1. The second kappa shape index (κ2) is 10.9. The van der Waals surface area contributed by atoms with E-state index in [1.165, 1.54) is 64.2 Å². The van der Waals surface area contributed by atoms with Crippen LogP contribution in [0.5, 0.6) is 5.75 Å². The Balaban J connectivity index is 1.35. The van der Waals surface area contributed by atoms with Crippen molar-refractivity contribution in [1.29, 1.82) is 0 Å². The molecule has 28 heavy (non-hydrogen) atoms. The first-order valence-corrected chi connectivity index (χ1v) is 12.1. The van der Waals surface area contributed by atoms with Gasteiger partial charge in [-0.25, -0.2) is 4.39 Å². The second-order valence-corrected chi connectivity index (χ2v) is 9.71. The first-order chi connectivity index (χ1) is 13.6. The number of halogens is 2. The summed E-state index contributed by atoms with van der Waals surface area (Å²) in [7, 11) is 0. The van der Waals surface area contributed by atoms with E-state index in [9.17, 15) is 4.39 Å². The van der Waals surface area contributed by atoms with E-state index in [4.69, 9.17) is 16.3 Å². The Hall–Kier alpha value is -0.760. The summed E-state index contributed by atoms with van der Waals surface area (Å²) in [6, 6.07) is 3.64. The molecule has 0 amide bonds. The highest BCUT2D eigenvalue weighted by molar-refractivity contribution is 6.31. The lowest BCUT2D eigenvalue weighted by Gasteiger charge is -2.37. The van der Waals surface area contributed by atoms with Gasteiger partial charge in [-0.2, -0.15) is 0 Å². The molecule has 0 heterocycles. The third-order valence-corrected chi connectivity index (χ3v) is 7.76. The third-order valence-electron chi connectivity index (χ3n) is 7.35. The summed E-state index contributed by atoms with van der Waals surface area (Å²) in [6.07, 6.45) is 16.1. The van der Waals surface area contributed by atoms with Crippen molar-refractivity contribution in [3.05, 3.63) is 28.5 Å². The van der Waals surface area contributed by atoms with Crippen LogP contribution in [0.3, 0.4) is 0 Å². The molecular weight excluding hydrogens is 371 g/mol. The summed E-state index contributed by atoms with van der Waals surface area (Å²) < 4.78 is 19.5. The molecule has 0 spiro atoms. The van der Waals surface area contributed by atoms with Gasteiger partial charge >= 0.3 is 0 Å². The van der Waals surface area contributed by atoms with E-state index in [1.807, 2.05) is 13.0 Å². The monoisotopic (exact) mass is 408 g/mol. The van der Waals surface area contributed by atoms with E-state index in [0.29, 0.717) is 6.61 Å². The van der Waals surface area contributed by atoms with Crippen molar-refractivity contribution in [3.8, 4) is 5.75 Å². The van der Waals surface area contributed by atoms with E-state index in [1.54, 1.807) is 6.07 Å². The lowest BCUT2D eigenvalue weighted by molar-refractivity contribution is 0.146. The van der Waals surface area contributed by atoms with Gasteiger partial charge in [0.15, 0.2) is 11.6 Å². The lowest BCUT2D eigenvalue weighted by Crippen LogP contribution is -2.25. The van der Waals surface area contributed by atoms with Gasteiger partial charge in [0.2, 0.25) is 0 Å². The van der Waals surface area contributed by atoms with Gasteiger partial charge in [-0.3, -0.25) is 0 Å². The van der Waals surface area contributed by atoms with E-state index < -0.39 is 5.82 Å². The molecule has 2 fully saturated rings. The van der Waals surface area contributed by atoms with E-state index in [-0.39, 0.29) is 10.8 Å². The summed E-state index contributed by atoms with van der Waals surface area (Å²) >= 11 is 6.21. The fraction of sp³-hybridized carbons (Fsp3) is 0.760. The molecule has 0 unspecified atom stereocenters. The molecule has 2 saturated carbocycles. The van der Waals surface area contributed by atoms with Crippen molar-refractivity contribution < 1.29 is 9.13 Å². The number of rotatable bonds is 8. The molecule has 0 aromatic heterocycles. The van der Waals surface area contributed by atoms with Crippen molar-refractivity contribution in [2.45, 2.75) is 90.9 Å². The highest BCUT2D eigenvalue weighted by Gasteiger charge is 2.29. The Kier molecular flexibility index (Phi) is 8.51. The Labute approximate surface area is 176 Å². The molecule has 1 aromatic carbocycles. The number of hydrogen-bond donors (Lipinski definition) is 0. The smallest absolute Gasteiger partial charge is 0.183 e. The van der Waals surface area contributed by atoms with Crippen molar-refractivity contribution in [2.24, 2.45) is 23.7 Å². The molecule has 3 heteroatoms. The van der Waals surface area contributed by atoms with Crippen LogP contribution in [-0.4, -0.2) is 6.61 Å². The molecular formula is C25H38ClFO. The van der Waals surface area contributed by atoms with Gasteiger partial charge in [-0.15, -0.1) is 0 Å². The molecule has 0 radical (unpaired) electrons. The predicted molar refractivity (Wildman–Crippen MR) is 117 cm³/mol. The third kappa shape index (κ3) is 5.88. The highest BCUT2D eigenvalue weighted by atomic mass is 35.5. The van der Waals surface area contributed by atoms with Crippen LogP contribution in [0.1, 0.15) is 90.0 Å². The largest absolute Gasteiger partial charge is 0.491 e. The van der Waals surface area contributed by atoms with Crippen molar-refractivity contribution in [2.75, 3.05) is 6.61 Å². The summed E-state index contributed by atoms with van der Waals surface area (Å²) in [5, 5.41) is 0.244. The van der Waals surface area contributed by atoms with Gasteiger partial charge in [0.1, 0.15) is 0 Å². The second-order valence-electron chi connectivity index (χ2n) is 9.33. The standard InChI is InChI=1S/C25H38ClFO/c1-3-28-23-17-16-22(24(26)25(23)27)7-5-4-6-19-10-14-21(15-11-19)20-12-8-18(2)9-13-20/h16-21H,3-15H2,1-2H3. The van der Waals surface area contributed by atoms with E-state index >= 15 is 0 Å². The van der Waals surface area contributed by atoms with Crippen LogP contribution >= 0.6 is 11.6 Å². The fourth-order valence-electron chi connectivity index (χ4n) is 5.49. The van der Waals surface area contributed by atoms with Crippen LogP contribution in [0, 0.1) is 29.5 Å². The first kappa shape index (κ1) is 21.9. The number of aryl methyl sites for hydroxylation is 1. The van der Waals surface area contributed by atoms with Crippen LogP contribution in [-0.2, 0) is 6.42 Å². The van der Waals surface area contributed by atoms with Crippen LogP contribution in [0.2, 0.25) is 5.02 Å². The van der Waals surface area contributed by atoms with Gasteiger partial charge in [0.25, 0.3) is 0 Å². The zero-order valence-corrected chi connectivity index (χ0v) is 18.6. The minimum absolute atomic E-state index is 0.244. The lowest BCUT2D eigenvalue weighted by atomic mass is 9.69. The molecule has 0 bridgehead atoms. The summed E-state index contributed by atoms with van der Waals surface area (Å²) in [4.78, 5) is 0. The summed E-state index contributed by atoms with van der Waals surface area (Å²) in [6.45, 7) is 4.72. The van der Waals surface area contributed by atoms with Gasteiger partial charge in [0, 0.05) is 0 Å². The molecule has 1 nitrogen and oxygen atoms in total. The van der Waals surface area contributed by atoms with Gasteiger partial charge in [0.05, 0.1) is 11.6 Å². The molecule has 0 aliphatic heterocycles. The first-order valence-electron chi connectivity index (χ1n) is 11.7. The Morgan fingerprint density at radius 2 is 1.61 bits per heavy atom. The van der Waals surface area contributed by atoms with E-state index in [0.717, 1.165) is 42.1 Å². The van der Waals surface area contributed by atoms with Gasteiger partial charge < -0.3 is 4.74 Å². The van der Waals surface area contributed by atoms with Crippen LogP contribution in [0.25, 0.3) is 0 Å². The summed E-state index contributed by atoms with van der Waals surface area (Å²) in [5.41, 5.74) is 0.915. The quantitative estimate of drug-likeness (QED) is 0.393. The minimum Gasteiger partial charge on any atom is -0.491 e. The Morgan fingerprint density at radius 3 is 2.25 bits per heavy atom. The maximum Gasteiger partial charge on any atom is 0.183 e. The van der Waals surface area contributed by atoms with Gasteiger partial charge in [-0.1, -0.05) is 63.1 Å². The maximum absolute atomic E-state index is 14.2. The average Bonchev–Trinajstić information content (AvgIpc) is 2.71. The number of ether oxygens (including phenoxy) is 1. The minimum atomic E-state index is -0.406. The highest BCUT2D eigenvalue weighted by Crippen LogP contribution is 2.42. The number of unbranched alkanes of at least 4 members (excludes halogenated alkanes) is 1. The molecule has 0 saturated heterocycles. The van der Waals surface area contributed by atoms with Crippen LogP contribution < -0.4 is 4.74 Å². The molecule has 0 atom stereocenters. The topological polar surface area (TPSA) is 9.23 Å². The van der Waals surface area contributed by atoms with Crippen molar-refractivity contribution in [3.63, 3.8) is 0 Å². The zero-order chi connectivity index (χ0) is 19.9.